The van der Waals surface area contributed by atoms with Crippen LogP contribution in [0, 0.1) is 0 Å². The molecular formula is C14H12ClN5O. The highest BCUT2D eigenvalue weighted by atomic mass is 35.5. The summed E-state index contributed by atoms with van der Waals surface area (Å²) >= 11 is 6.33. The second-order valence-corrected chi connectivity index (χ2v) is 5.57. The highest BCUT2D eigenvalue weighted by Gasteiger charge is 2.37. The number of nitrogens with zero attached hydrogens (tertiary/aromatic N) is 4. The number of aromatic nitrogens is 4. The van der Waals surface area contributed by atoms with Crippen LogP contribution in [0.1, 0.15) is 30.9 Å². The second-order valence-electron chi connectivity index (χ2n) is 5.17. The minimum Gasteiger partial charge on any atom is -0.326 e. The average Bonchev–Trinajstić information content (AvgIpc) is 2.94. The Labute approximate surface area is 125 Å². The maximum absolute atomic E-state index is 12.4. The zero-order chi connectivity index (χ0) is 14.4. The number of anilines is 1. The van der Waals surface area contributed by atoms with Crippen molar-refractivity contribution in [3.05, 3.63) is 46.1 Å². The molecule has 0 radical (unpaired) electrons. The molecule has 1 aliphatic heterocycles. The largest absolute Gasteiger partial charge is 0.326 e. The van der Waals surface area contributed by atoms with E-state index in [0.29, 0.717) is 17.4 Å². The van der Waals surface area contributed by atoms with Gasteiger partial charge in [0.1, 0.15) is 6.04 Å². The summed E-state index contributed by atoms with van der Waals surface area (Å²) < 4.78 is 1.63. The van der Waals surface area contributed by atoms with Gasteiger partial charge in [0.25, 0.3) is 0 Å². The van der Waals surface area contributed by atoms with Crippen molar-refractivity contribution in [3.8, 4) is 0 Å². The summed E-state index contributed by atoms with van der Waals surface area (Å²) in [4.78, 5) is 12.4. The number of rotatable bonds is 1. The number of tetrazole rings is 1. The van der Waals surface area contributed by atoms with E-state index in [-0.39, 0.29) is 11.8 Å². The highest BCUT2D eigenvalue weighted by molar-refractivity contribution is 6.31. The van der Waals surface area contributed by atoms with E-state index in [1.165, 1.54) is 0 Å². The number of carbonyl (C=O) groups excluding carboxylic acids is 1. The second kappa shape index (κ2) is 4.66. The van der Waals surface area contributed by atoms with E-state index in [1.807, 2.05) is 24.3 Å². The summed E-state index contributed by atoms with van der Waals surface area (Å²) in [6, 6.07) is 7.15. The number of halogens is 1. The Balaban J connectivity index is 1.96. The minimum atomic E-state index is -0.354. The van der Waals surface area contributed by atoms with Crippen LogP contribution in [0.5, 0.6) is 0 Å². The molecule has 2 aromatic rings. The van der Waals surface area contributed by atoms with Crippen molar-refractivity contribution in [2.45, 2.75) is 25.3 Å². The fraction of sp³-hybridized carbons (Fsp3) is 0.286. The molecule has 1 atom stereocenters. The normalized spacial score (nSPS) is 20.8. The van der Waals surface area contributed by atoms with Gasteiger partial charge in [0.05, 0.1) is 0 Å². The van der Waals surface area contributed by atoms with Crippen molar-refractivity contribution < 1.29 is 4.79 Å². The molecule has 0 unspecified atom stereocenters. The molecule has 1 aliphatic carbocycles. The Hall–Kier alpha value is -2.21. The lowest BCUT2D eigenvalue weighted by atomic mass is 9.85. The zero-order valence-corrected chi connectivity index (χ0v) is 11.8. The van der Waals surface area contributed by atoms with E-state index in [9.17, 15) is 4.79 Å². The maximum Gasteiger partial charge on any atom is 0.248 e. The third-order valence-corrected chi connectivity index (χ3v) is 4.27. The van der Waals surface area contributed by atoms with Gasteiger partial charge in [-0.1, -0.05) is 34.9 Å². The highest BCUT2D eigenvalue weighted by Crippen LogP contribution is 2.41. The first-order valence-electron chi connectivity index (χ1n) is 6.81. The molecule has 7 heteroatoms. The van der Waals surface area contributed by atoms with Crippen LogP contribution in [0.3, 0.4) is 0 Å². The Morgan fingerprint density at radius 3 is 3.00 bits per heavy atom. The smallest absolute Gasteiger partial charge is 0.248 e. The molecular weight excluding hydrogens is 290 g/mol. The summed E-state index contributed by atoms with van der Waals surface area (Å²) in [6.07, 6.45) is 2.23. The van der Waals surface area contributed by atoms with E-state index in [2.05, 4.69) is 20.8 Å². The van der Waals surface area contributed by atoms with Crippen LogP contribution in [-0.2, 0) is 4.79 Å². The minimum absolute atomic E-state index is 0.134. The van der Waals surface area contributed by atoms with E-state index in [0.717, 1.165) is 29.7 Å². The van der Waals surface area contributed by atoms with Gasteiger partial charge in [-0.15, -0.1) is 0 Å². The molecule has 0 fully saturated rings. The molecule has 0 amide bonds. The average molecular weight is 302 g/mol. The van der Waals surface area contributed by atoms with E-state index < -0.39 is 0 Å². The molecule has 106 valence electrons. The molecule has 6 nitrogen and oxygen atoms in total. The number of allylic oxidation sites excluding steroid dienone is 2. The van der Waals surface area contributed by atoms with Crippen LogP contribution in [0.25, 0.3) is 0 Å². The van der Waals surface area contributed by atoms with Gasteiger partial charge in [-0.25, -0.2) is 0 Å². The van der Waals surface area contributed by atoms with Crippen molar-refractivity contribution >= 4 is 23.3 Å². The lowest BCUT2D eigenvalue weighted by Gasteiger charge is -2.31. The standard InChI is InChI=1S/C14H12ClN5O/c15-9-5-2-1-4-8(9)13-12-10(6-3-7-11(12)21)16-14-17-18-19-20(13)14/h1-2,4-5,13H,3,6-7H2,(H,16,17,19)/t13-/m1/s1. The lowest BCUT2D eigenvalue weighted by Crippen LogP contribution is -2.31. The van der Waals surface area contributed by atoms with Crippen LogP contribution in [-0.4, -0.2) is 26.0 Å². The molecule has 1 aromatic carbocycles. The first-order chi connectivity index (χ1) is 10.3. The number of fused-ring (bicyclic) bond motifs is 1. The van der Waals surface area contributed by atoms with Gasteiger partial charge in [0.2, 0.25) is 5.95 Å². The number of hydrogen-bond acceptors (Lipinski definition) is 5. The number of ketones is 1. The fourth-order valence-corrected chi connectivity index (χ4v) is 3.24. The van der Waals surface area contributed by atoms with Crippen molar-refractivity contribution in [2.24, 2.45) is 0 Å². The number of Topliss-reactive ketones (excluding diaryl/α,β-unsaturated/α-hetero) is 1. The predicted octanol–water partition coefficient (Wildman–Crippen LogP) is 2.35. The Morgan fingerprint density at radius 2 is 2.14 bits per heavy atom. The van der Waals surface area contributed by atoms with Crippen LogP contribution in [0.4, 0.5) is 5.95 Å². The molecule has 2 aliphatic rings. The summed E-state index contributed by atoms with van der Waals surface area (Å²) in [5.74, 6) is 0.684. The molecule has 0 saturated carbocycles. The van der Waals surface area contributed by atoms with Crippen LogP contribution in [0.15, 0.2) is 35.5 Å². The van der Waals surface area contributed by atoms with E-state index >= 15 is 0 Å². The Bertz CT molecular complexity index is 766. The predicted molar refractivity (Wildman–Crippen MR) is 76.9 cm³/mol. The van der Waals surface area contributed by atoms with Gasteiger partial charge >= 0.3 is 0 Å². The van der Waals surface area contributed by atoms with Crippen LogP contribution in [0.2, 0.25) is 5.02 Å². The molecule has 4 rings (SSSR count). The monoisotopic (exact) mass is 301 g/mol. The van der Waals surface area contributed by atoms with Crippen LogP contribution < -0.4 is 5.32 Å². The number of hydrogen-bond donors (Lipinski definition) is 1. The van der Waals surface area contributed by atoms with Crippen molar-refractivity contribution in [2.75, 3.05) is 5.32 Å². The SMILES string of the molecule is O=C1CCCC2=C1[C@@H](c1ccccc1Cl)n1nnnc1N2. The first kappa shape index (κ1) is 12.5. The number of benzene rings is 1. The zero-order valence-electron chi connectivity index (χ0n) is 11.1. The van der Waals surface area contributed by atoms with Crippen molar-refractivity contribution in [3.63, 3.8) is 0 Å². The van der Waals surface area contributed by atoms with Gasteiger partial charge < -0.3 is 5.32 Å². The van der Waals surface area contributed by atoms with Crippen molar-refractivity contribution in [1.82, 2.24) is 20.2 Å². The molecule has 1 N–H and O–H groups in total. The molecule has 0 saturated heterocycles. The van der Waals surface area contributed by atoms with Gasteiger partial charge in [-0.2, -0.15) is 4.68 Å². The molecule has 21 heavy (non-hydrogen) atoms. The fourth-order valence-electron chi connectivity index (χ4n) is 3.00. The molecule has 0 bridgehead atoms. The third kappa shape index (κ3) is 1.86. The van der Waals surface area contributed by atoms with Gasteiger partial charge in [0, 0.05) is 28.3 Å². The summed E-state index contributed by atoms with van der Waals surface area (Å²) in [7, 11) is 0. The molecule has 0 spiro atoms. The maximum atomic E-state index is 12.4. The number of carbonyl (C=O) groups is 1. The summed E-state index contributed by atoms with van der Waals surface area (Å²) in [5.41, 5.74) is 2.49. The van der Waals surface area contributed by atoms with E-state index in [4.69, 9.17) is 11.6 Å². The van der Waals surface area contributed by atoms with E-state index in [1.54, 1.807) is 4.68 Å². The first-order valence-corrected chi connectivity index (χ1v) is 7.19. The lowest BCUT2D eigenvalue weighted by molar-refractivity contribution is -0.116. The topological polar surface area (TPSA) is 72.7 Å². The van der Waals surface area contributed by atoms with Gasteiger partial charge in [0.15, 0.2) is 5.78 Å². The Morgan fingerprint density at radius 1 is 1.29 bits per heavy atom. The number of nitrogens with one attached hydrogen (secondary N) is 1. The van der Waals surface area contributed by atoms with Gasteiger partial charge in [-0.3, -0.25) is 4.79 Å². The Kier molecular flexibility index (Phi) is 2.78. The molecule has 1 aromatic heterocycles. The summed E-state index contributed by atoms with van der Waals surface area (Å²) in [6.45, 7) is 0. The molecule has 2 heterocycles. The third-order valence-electron chi connectivity index (χ3n) is 3.93. The van der Waals surface area contributed by atoms with Crippen LogP contribution >= 0.6 is 11.6 Å². The summed E-state index contributed by atoms with van der Waals surface area (Å²) in [5, 5.41) is 15.5. The van der Waals surface area contributed by atoms with Gasteiger partial charge in [-0.05, 0) is 29.3 Å². The van der Waals surface area contributed by atoms with Crippen molar-refractivity contribution in [1.29, 1.82) is 0 Å². The quantitative estimate of drug-likeness (QED) is 0.875.